The van der Waals surface area contributed by atoms with Crippen LogP contribution in [0.5, 0.6) is 0 Å². The first-order chi connectivity index (χ1) is 9.66. The molecular formula is C16H15N2O2+. The Morgan fingerprint density at radius 1 is 0.950 bits per heavy atom. The first-order valence-corrected chi connectivity index (χ1v) is 6.21. The van der Waals surface area contributed by atoms with Crippen molar-refractivity contribution in [2.24, 2.45) is 0 Å². The van der Waals surface area contributed by atoms with E-state index in [9.17, 15) is 10.1 Å². The summed E-state index contributed by atoms with van der Waals surface area (Å²) in [6.45, 7) is 0. The molecule has 0 heterocycles. The molecule has 0 N–H and O–H groups in total. The van der Waals surface area contributed by atoms with Gasteiger partial charge in [0.15, 0.2) is 6.21 Å². The number of rotatable bonds is 4. The molecule has 2 aromatic rings. The zero-order valence-corrected chi connectivity index (χ0v) is 11.1. The highest BCUT2D eigenvalue weighted by Crippen LogP contribution is 2.16. The summed E-state index contributed by atoms with van der Waals surface area (Å²) in [5.41, 5.74) is 2.12. The second-order valence-electron chi connectivity index (χ2n) is 4.30. The number of non-ortho nitro benzene ring substituents is 1. The summed E-state index contributed by atoms with van der Waals surface area (Å²) in [6.07, 6.45) is 5.85. The average Bonchev–Trinajstić information content (AvgIpc) is 2.48. The van der Waals surface area contributed by atoms with Crippen LogP contribution in [0.3, 0.4) is 0 Å². The molecule has 4 nitrogen and oxygen atoms in total. The van der Waals surface area contributed by atoms with Crippen LogP contribution in [0.15, 0.2) is 60.7 Å². The highest BCUT2D eigenvalue weighted by molar-refractivity contribution is 5.75. The number of nitrogens with zero attached hydrogens (tertiary/aromatic N) is 2. The topological polar surface area (TPSA) is 46.1 Å². The second-order valence-corrected chi connectivity index (χ2v) is 4.30. The molecule has 100 valence electrons. The van der Waals surface area contributed by atoms with E-state index in [1.54, 1.807) is 12.1 Å². The van der Waals surface area contributed by atoms with Gasteiger partial charge in [-0.3, -0.25) is 10.1 Å². The molecule has 0 aliphatic carbocycles. The van der Waals surface area contributed by atoms with Gasteiger partial charge < -0.3 is 0 Å². The molecule has 0 unspecified atom stereocenters. The Bertz CT molecular complexity index is 644. The summed E-state index contributed by atoms with van der Waals surface area (Å²) >= 11 is 0. The predicted octanol–water partition coefficient (Wildman–Crippen LogP) is 3.65. The number of benzene rings is 2. The molecule has 0 saturated heterocycles. The molecule has 20 heavy (non-hydrogen) atoms. The lowest BCUT2D eigenvalue weighted by Gasteiger charge is -1.95. The Hall–Kier alpha value is -2.75. The number of nitro benzene ring substituents is 1. The summed E-state index contributed by atoms with van der Waals surface area (Å²) in [5.74, 6) is 0. The first kappa shape index (κ1) is 13.7. The van der Waals surface area contributed by atoms with Crippen molar-refractivity contribution >= 4 is 23.7 Å². The largest absolute Gasteiger partial charge is 0.269 e. The molecule has 2 rings (SSSR count). The van der Waals surface area contributed by atoms with Crippen LogP contribution >= 0.6 is 0 Å². The van der Waals surface area contributed by atoms with Crippen LogP contribution in [0.2, 0.25) is 0 Å². The SMILES string of the molecule is C[N+](=C/C=C/c1ccccc1)c1ccc([N+](=O)[O-])cc1. The fourth-order valence-electron chi connectivity index (χ4n) is 1.74. The molecule has 0 saturated carbocycles. The fourth-order valence-corrected chi connectivity index (χ4v) is 1.74. The molecule has 0 aliphatic rings. The van der Waals surface area contributed by atoms with Gasteiger partial charge in [0.25, 0.3) is 5.69 Å². The fraction of sp³-hybridized carbons (Fsp3) is 0.0625. The molecule has 0 aliphatic heterocycles. The predicted molar refractivity (Wildman–Crippen MR) is 80.5 cm³/mol. The van der Waals surface area contributed by atoms with Gasteiger partial charge in [0.1, 0.15) is 7.05 Å². The summed E-state index contributed by atoms with van der Waals surface area (Å²) in [5, 5.41) is 10.6. The van der Waals surface area contributed by atoms with E-state index < -0.39 is 4.92 Å². The van der Waals surface area contributed by atoms with Crippen molar-refractivity contribution in [3.8, 4) is 0 Å². The van der Waals surface area contributed by atoms with Gasteiger partial charge in [-0.15, -0.1) is 0 Å². The van der Waals surface area contributed by atoms with E-state index in [2.05, 4.69) is 0 Å². The molecule has 0 spiro atoms. The summed E-state index contributed by atoms with van der Waals surface area (Å²) < 4.78 is 1.91. The maximum Gasteiger partial charge on any atom is 0.269 e. The van der Waals surface area contributed by atoms with Gasteiger partial charge in [0.2, 0.25) is 5.69 Å². The highest BCUT2D eigenvalue weighted by atomic mass is 16.6. The van der Waals surface area contributed by atoms with Crippen molar-refractivity contribution in [3.05, 3.63) is 76.4 Å². The van der Waals surface area contributed by atoms with Gasteiger partial charge in [0.05, 0.1) is 4.92 Å². The maximum atomic E-state index is 10.6. The number of hydrogen-bond donors (Lipinski definition) is 0. The van der Waals surface area contributed by atoms with Gasteiger partial charge >= 0.3 is 0 Å². The highest BCUT2D eigenvalue weighted by Gasteiger charge is 2.07. The van der Waals surface area contributed by atoms with E-state index in [-0.39, 0.29) is 5.69 Å². The Morgan fingerprint density at radius 2 is 1.55 bits per heavy atom. The van der Waals surface area contributed by atoms with Crippen LogP contribution in [-0.4, -0.2) is 22.8 Å². The number of allylic oxidation sites excluding steroid dienone is 1. The van der Waals surface area contributed by atoms with Crippen LogP contribution in [-0.2, 0) is 0 Å². The lowest BCUT2D eigenvalue weighted by Crippen LogP contribution is -1.98. The normalized spacial score (nSPS) is 11.8. The average molecular weight is 267 g/mol. The van der Waals surface area contributed by atoms with Crippen LogP contribution in [0, 0.1) is 10.1 Å². The Morgan fingerprint density at radius 3 is 2.15 bits per heavy atom. The van der Waals surface area contributed by atoms with Gasteiger partial charge in [-0.05, 0) is 11.6 Å². The minimum atomic E-state index is -0.400. The zero-order chi connectivity index (χ0) is 14.4. The summed E-state index contributed by atoms with van der Waals surface area (Å²) in [4.78, 5) is 10.2. The molecule has 2 aromatic carbocycles. The second kappa shape index (κ2) is 6.43. The zero-order valence-electron chi connectivity index (χ0n) is 11.1. The minimum Gasteiger partial charge on any atom is -0.258 e. The van der Waals surface area contributed by atoms with Gasteiger partial charge in [-0.25, -0.2) is 4.58 Å². The van der Waals surface area contributed by atoms with E-state index in [1.165, 1.54) is 12.1 Å². The van der Waals surface area contributed by atoms with Crippen LogP contribution in [0.1, 0.15) is 5.56 Å². The van der Waals surface area contributed by atoms with Gasteiger partial charge in [0, 0.05) is 30.3 Å². The van der Waals surface area contributed by atoms with Crippen molar-refractivity contribution in [2.75, 3.05) is 7.05 Å². The Kier molecular flexibility index (Phi) is 4.39. The van der Waals surface area contributed by atoms with Crippen LogP contribution in [0.4, 0.5) is 11.4 Å². The van der Waals surface area contributed by atoms with E-state index >= 15 is 0 Å². The van der Waals surface area contributed by atoms with E-state index in [0.717, 1.165) is 11.3 Å². The van der Waals surface area contributed by atoms with Crippen LogP contribution < -0.4 is 0 Å². The molecule has 0 amide bonds. The van der Waals surface area contributed by atoms with Crippen molar-refractivity contribution < 1.29 is 9.50 Å². The molecule has 0 aromatic heterocycles. The molecular weight excluding hydrogens is 252 g/mol. The third-order valence-corrected chi connectivity index (χ3v) is 2.87. The Labute approximate surface area is 117 Å². The number of hydrogen-bond acceptors (Lipinski definition) is 2. The standard InChI is InChI=1S/C16H15N2O2/c1-17(13-5-8-14-6-3-2-4-7-14)15-9-11-16(12-10-15)18(19)20/h2-13H,1H3/q+1/b8-5+,17-13?. The molecule has 0 atom stereocenters. The monoisotopic (exact) mass is 267 g/mol. The molecule has 0 radical (unpaired) electrons. The van der Waals surface area contributed by atoms with Gasteiger partial charge in [-0.1, -0.05) is 30.3 Å². The third kappa shape index (κ3) is 3.62. The third-order valence-electron chi connectivity index (χ3n) is 2.87. The Balaban J connectivity index is 2.10. The first-order valence-electron chi connectivity index (χ1n) is 6.21. The van der Waals surface area contributed by atoms with E-state index in [0.29, 0.717) is 0 Å². The molecule has 4 heteroatoms. The lowest BCUT2D eigenvalue weighted by atomic mass is 10.2. The van der Waals surface area contributed by atoms with Crippen LogP contribution in [0.25, 0.3) is 6.08 Å². The minimum absolute atomic E-state index is 0.0991. The quantitative estimate of drug-likeness (QED) is 0.367. The summed E-state index contributed by atoms with van der Waals surface area (Å²) in [6, 6.07) is 16.5. The van der Waals surface area contributed by atoms with Gasteiger partial charge in [-0.2, -0.15) is 0 Å². The van der Waals surface area contributed by atoms with Crippen molar-refractivity contribution in [1.29, 1.82) is 0 Å². The lowest BCUT2D eigenvalue weighted by molar-refractivity contribution is -0.399. The smallest absolute Gasteiger partial charge is 0.258 e. The van der Waals surface area contributed by atoms with E-state index in [1.807, 2.05) is 60.3 Å². The summed E-state index contributed by atoms with van der Waals surface area (Å²) in [7, 11) is 1.90. The van der Waals surface area contributed by atoms with E-state index in [4.69, 9.17) is 0 Å². The number of nitro groups is 1. The van der Waals surface area contributed by atoms with Crippen molar-refractivity contribution in [3.63, 3.8) is 0 Å². The maximum absolute atomic E-state index is 10.6. The van der Waals surface area contributed by atoms with Crippen molar-refractivity contribution in [2.45, 2.75) is 0 Å². The molecule has 0 fully saturated rings. The molecule has 0 bridgehead atoms. The van der Waals surface area contributed by atoms with Crippen molar-refractivity contribution in [1.82, 2.24) is 0 Å².